The third-order valence-corrected chi connectivity index (χ3v) is 1.49. The molecule has 1 aliphatic heterocycles. The van der Waals surface area contributed by atoms with Gasteiger partial charge < -0.3 is 10.8 Å². The van der Waals surface area contributed by atoms with E-state index in [1.54, 1.807) is 0 Å². The van der Waals surface area contributed by atoms with Gasteiger partial charge in [0.25, 0.3) is 0 Å². The average Bonchev–Trinajstić information content (AvgIpc) is 1.85. The van der Waals surface area contributed by atoms with Gasteiger partial charge in [-0.3, -0.25) is 5.32 Å². The lowest BCUT2D eigenvalue weighted by Crippen LogP contribution is -2.36. The molecule has 48 valence electrons. The van der Waals surface area contributed by atoms with Gasteiger partial charge in [0.2, 0.25) is 0 Å². The van der Waals surface area contributed by atoms with Crippen molar-refractivity contribution in [1.29, 1.82) is 0 Å². The molecule has 0 spiro atoms. The normalized spacial score (nSPS) is 47.6. The number of aliphatic hydroxyl groups is 1. The summed E-state index contributed by atoms with van der Waals surface area (Å²) in [6.45, 7) is 2.01. The molecule has 0 radical (unpaired) electrons. The van der Waals surface area contributed by atoms with Gasteiger partial charge in [0.1, 0.15) is 6.23 Å². The standard InChI is InChI=1S/C5H12N2O/c1-3-2-4(6)5(8)7-3/h3-5,7-8H,2,6H2,1H3/t3-,4+,5?/m1/s1. The first kappa shape index (κ1) is 6.01. The highest BCUT2D eigenvalue weighted by molar-refractivity contribution is 4.84. The molecule has 1 heterocycles. The van der Waals surface area contributed by atoms with E-state index in [0.717, 1.165) is 6.42 Å². The van der Waals surface area contributed by atoms with E-state index in [-0.39, 0.29) is 6.04 Å². The third kappa shape index (κ3) is 0.992. The first-order chi connectivity index (χ1) is 3.70. The van der Waals surface area contributed by atoms with Gasteiger partial charge in [-0.05, 0) is 13.3 Å². The predicted octanol–water partition coefficient (Wildman–Crippen LogP) is -0.986. The topological polar surface area (TPSA) is 58.3 Å². The highest BCUT2D eigenvalue weighted by Gasteiger charge is 2.25. The fraction of sp³-hybridized carbons (Fsp3) is 1.00. The summed E-state index contributed by atoms with van der Waals surface area (Å²) in [6.07, 6.45) is 0.395. The van der Waals surface area contributed by atoms with Crippen molar-refractivity contribution >= 4 is 0 Å². The lowest BCUT2D eigenvalue weighted by molar-refractivity contribution is 0.140. The number of hydrogen-bond donors (Lipinski definition) is 3. The number of hydrogen-bond acceptors (Lipinski definition) is 3. The van der Waals surface area contributed by atoms with Crippen molar-refractivity contribution in [3.8, 4) is 0 Å². The van der Waals surface area contributed by atoms with E-state index in [4.69, 9.17) is 10.8 Å². The molecule has 8 heavy (non-hydrogen) atoms. The zero-order chi connectivity index (χ0) is 6.15. The summed E-state index contributed by atoms with van der Waals surface area (Å²) in [5.74, 6) is 0. The highest BCUT2D eigenvalue weighted by atomic mass is 16.3. The SMILES string of the molecule is C[C@@H]1C[C@H](N)C(O)N1. The molecule has 1 rings (SSSR count). The lowest BCUT2D eigenvalue weighted by Gasteiger charge is -2.05. The van der Waals surface area contributed by atoms with Gasteiger partial charge in [0, 0.05) is 12.1 Å². The number of nitrogens with one attached hydrogen (secondary N) is 1. The molecular formula is C5H12N2O. The first-order valence-corrected chi connectivity index (χ1v) is 2.90. The maximum absolute atomic E-state index is 8.93. The minimum Gasteiger partial charge on any atom is -0.377 e. The number of rotatable bonds is 0. The second-order valence-corrected chi connectivity index (χ2v) is 2.41. The van der Waals surface area contributed by atoms with Crippen molar-refractivity contribution in [2.75, 3.05) is 0 Å². The van der Waals surface area contributed by atoms with Crippen molar-refractivity contribution < 1.29 is 5.11 Å². The molecule has 4 N–H and O–H groups in total. The molecule has 0 aromatic heterocycles. The van der Waals surface area contributed by atoms with Crippen molar-refractivity contribution in [3.63, 3.8) is 0 Å². The molecule has 0 aromatic carbocycles. The molecule has 1 saturated heterocycles. The zero-order valence-electron chi connectivity index (χ0n) is 4.96. The molecule has 0 aromatic rings. The molecule has 0 bridgehead atoms. The van der Waals surface area contributed by atoms with Gasteiger partial charge in [-0.25, -0.2) is 0 Å². The van der Waals surface area contributed by atoms with Crippen LogP contribution in [0.3, 0.4) is 0 Å². The quantitative estimate of drug-likeness (QED) is 0.381. The molecule has 3 heteroatoms. The van der Waals surface area contributed by atoms with E-state index in [9.17, 15) is 0 Å². The van der Waals surface area contributed by atoms with Crippen molar-refractivity contribution in [2.45, 2.75) is 31.7 Å². The summed E-state index contributed by atoms with van der Waals surface area (Å²) in [4.78, 5) is 0. The van der Waals surface area contributed by atoms with Crippen LogP contribution in [0.2, 0.25) is 0 Å². The van der Waals surface area contributed by atoms with Crippen LogP contribution in [0.5, 0.6) is 0 Å². The van der Waals surface area contributed by atoms with Crippen LogP contribution in [-0.4, -0.2) is 23.4 Å². The predicted molar refractivity (Wildman–Crippen MR) is 31.2 cm³/mol. The third-order valence-electron chi connectivity index (χ3n) is 1.49. The van der Waals surface area contributed by atoms with Crippen LogP contribution >= 0.6 is 0 Å². The molecule has 0 saturated carbocycles. The van der Waals surface area contributed by atoms with E-state index in [0.29, 0.717) is 6.04 Å². The van der Waals surface area contributed by atoms with E-state index in [2.05, 4.69) is 5.32 Å². The Morgan fingerprint density at radius 3 is 2.50 bits per heavy atom. The monoisotopic (exact) mass is 116 g/mol. The molecule has 0 amide bonds. The minimum absolute atomic E-state index is 0.0648. The summed E-state index contributed by atoms with van der Waals surface area (Å²) in [5.41, 5.74) is 5.46. The van der Waals surface area contributed by atoms with E-state index in [1.165, 1.54) is 0 Å². The maximum atomic E-state index is 8.93. The average molecular weight is 116 g/mol. The number of nitrogens with two attached hydrogens (primary N) is 1. The molecule has 3 atom stereocenters. The van der Waals surface area contributed by atoms with Gasteiger partial charge >= 0.3 is 0 Å². The second kappa shape index (κ2) is 2.01. The minimum atomic E-state index is -0.481. The lowest BCUT2D eigenvalue weighted by atomic mass is 10.2. The molecule has 1 aliphatic rings. The number of aliphatic hydroxyl groups excluding tert-OH is 1. The summed E-state index contributed by atoms with van der Waals surface area (Å²) < 4.78 is 0. The summed E-state index contributed by atoms with van der Waals surface area (Å²) in [6, 6.07) is 0.310. The molecule has 1 unspecified atom stereocenters. The Bertz CT molecular complexity index is 76.5. The Morgan fingerprint density at radius 2 is 2.38 bits per heavy atom. The van der Waals surface area contributed by atoms with Crippen LogP contribution in [0.25, 0.3) is 0 Å². The van der Waals surface area contributed by atoms with Crippen molar-refractivity contribution in [3.05, 3.63) is 0 Å². The van der Waals surface area contributed by atoms with Gasteiger partial charge in [0.15, 0.2) is 0 Å². The first-order valence-electron chi connectivity index (χ1n) is 2.90. The molecule has 3 nitrogen and oxygen atoms in total. The zero-order valence-corrected chi connectivity index (χ0v) is 4.96. The van der Waals surface area contributed by atoms with Gasteiger partial charge in [-0.1, -0.05) is 0 Å². The fourth-order valence-electron chi connectivity index (χ4n) is 1.02. The van der Waals surface area contributed by atoms with Crippen LogP contribution in [0.15, 0.2) is 0 Å². The Hall–Kier alpha value is -0.120. The van der Waals surface area contributed by atoms with E-state index >= 15 is 0 Å². The van der Waals surface area contributed by atoms with Gasteiger partial charge in [0.05, 0.1) is 0 Å². The van der Waals surface area contributed by atoms with Crippen molar-refractivity contribution in [2.24, 2.45) is 5.73 Å². The Kier molecular flexibility index (Phi) is 1.51. The van der Waals surface area contributed by atoms with Crippen LogP contribution in [-0.2, 0) is 0 Å². The highest BCUT2D eigenvalue weighted by Crippen LogP contribution is 2.07. The molecule has 0 aliphatic carbocycles. The van der Waals surface area contributed by atoms with E-state index in [1.807, 2.05) is 6.92 Å². The molecular weight excluding hydrogens is 104 g/mol. The smallest absolute Gasteiger partial charge is 0.120 e. The fourth-order valence-corrected chi connectivity index (χ4v) is 1.02. The summed E-state index contributed by atoms with van der Waals surface area (Å²) in [5, 5.41) is 11.8. The summed E-state index contributed by atoms with van der Waals surface area (Å²) >= 11 is 0. The van der Waals surface area contributed by atoms with Gasteiger partial charge in [-0.15, -0.1) is 0 Å². The van der Waals surface area contributed by atoms with Crippen LogP contribution < -0.4 is 11.1 Å². The van der Waals surface area contributed by atoms with Crippen LogP contribution in [0.4, 0.5) is 0 Å². The largest absolute Gasteiger partial charge is 0.377 e. The maximum Gasteiger partial charge on any atom is 0.120 e. The Balaban J connectivity index is 2.39. The van der Waals surface area contributed by atoms with Crippen LogP contribution in [0.1, 0.15) is 13.3 Å². The second-order valence-electron chi connectivity index (χ2n) is 2.41. The van der Waals surface area contributed by atoms with Crippen molar-refractivity contribution in [1.82, 2.24) is 5.32 Å². The Morgan fingerprint density at radius 1 is 1.75 bits per heavy atom. The Labute approximate surface area is 48.9 Å². The van der Waals surface area contributed by atoms with Crippen LogP contribution in [0, 0.1) is 0 Å². The molecule has 1 fully saturated rings. The summed E-state index contributed by atoms with van der Waals surface area (Å²) in [7, 11) is 0. The van der Waals surface area contributed by atoms with E-state index < -0.39 is 6.23 Å². The van der Waals surface area contributed by atoms with Gasteiger partial charge in [-0.2, -0.15) is 0 Å².